The zero-order chi connectivity index (χ0) is 12.4. The lowest BCUT2D eigenvalue weighted by molar-refractivity contribution is 0.214. The second-order valence-corrected chi connectivity index (χ2v) is 5.49. The zero-order valence-corrected chi connectivity index (χ0v) is 11.0. The third-order valence-corrected chi connectivity index (χ3v) is 4.30. The molecule has 0 aromatic carbocycles. The molecule has 100 valence electrons. The number of nitrogens with zero attached hydrogens (tertiary/aromatic N) is 2. The highest BCUT2D eigenvalue weighted by molar-refractivity contribution is 5.16. The number of rotatable bonds is 3. The van der Waals surface area contributed by atoms with Gasteiger partial charge >= 0.3 is 0 Å². The first-order valence-corrected chi connectivity index (χ1v) is 7.08. The Morgan fingerprint density at radius 3 is 3.06 bits per heavy atom. The molecule has 2 aliphatic heterocycles. The van der Waals surface area contributed by atoms with Crippen molar-refractivity contribution >= 4 is 0 Å². The lowest BCUT2D eigenvalue weighted by Crippen LogP contribution is -2.36. The van der Waals surface area contributed by atoms with Crippen LogP contribution in [0.3, 0.4) is 0 Å². The Kier molecular flexibility index (Phi) is 3.68. The molecule has 0 saturated carbocycles. The number of fused-ring (bicyclic) bond motifs is 1. The van der Waals surface area contributed by atoms with Crippen LogP contribution in [0.4, 0.5) is 0 Å². The van der Waals surface area contributed by atoms with Crippen LogP contribution in [0.2, 0.25) is 0 Å². The minimum Gasteiger partial charge on any atom is -0.468 e. The summed E-state index contributed by atoms with van der Waals surface area (Å²) in [5, 5.41) is 0. The molecule has 0 spiro atoms. The molecular formula is C14H23N3O. The molecule has 1 unspecified atom stereocenters. The van der Waals surface area contributed by atoms with Gasteiger partial charge in [-0.25, -0.2) is 0 Å². The first kappa shape index (κ1) is 12.2. The van der Waals surface area contributed by atoms with E-state index < -0.39 is 0 Å². The molecule has 2 fully saturated rings. The van der Waals surface area contributed by atoms with Crippen molar-refractivity contribution in [1.29, 1.82) is 0 Å². The molecule has 0 amide bonds. The van der Waals surface area contributed by atoms with E-state index in [4.69, 9.17) is 10.2 Å². The van der Waals surface area contributed by atoms with Gasteiger partial charge in [0, 0.05) is 24.7 Å². The topological polar surface area (TPSA) is 45.6 Å². The monoisotopic (exact) mass is 249 g/mol. The fourth-order valence-corrected chi connectivity index (χ4v) is 3.35. The van der Waals surface area contributed by atoms with Crippen LogP contribution in [0.1, 0.15) is 30.6 Å². The summed E-state index contributed by atoms with van der Waals surface area (Å²) in [4.78, 5) is 5.24. The van der Waals surface area contributed by atoms with Crippen molar-refractivity contribution < 1.29 is 4.42 Å². The molecule has 4 heteroatoms. The van der Waals surface area contributed by atoms with Crippen molar-refractivity contribution in [2.45, 2.75) is 38.4 Å². The minimum absolute atomic E-state index is 0.506. The smallest absolute Gasteiger partial charge is 0.121 e. The molecule has 1 atom stereocenters. The van der Waals surface area contributed by atoms with Gasteiger partial charge in [0.05, 0.1) is 12.8 Å². The van der Waals surface area contributed by atoms with Crippen molar-refractivity contribution in [3.63, 3.8) is 0 Å². The van der Waals surface area contributed by atoms with E-state index in [1.54, 1.807) is 6.26 Å². The van der Waals surface area contributed by atoms with Crippen LogP contribution < -0.4 is 5.73 Å². The van der Waals surface area contributed by atoms with Crippen molar-refractivity contribution in [3.05, 3.63) is 23.7 Å². The highest BCUT2D eigenvalue weighted by Crippen LogP contribution is 2.23. The van der Waals surface area contributed by atoms with Gasteiger partial charge in [0.1, 0.15) is 5.76 Å². The summed E-state index contributed by atoms with van der Waals surface area (Å²) >= 11 is 0. The number of nitrogens with two attached hydrogens (primary N) is 1. The third-order valence-electron chi connectivity index (χ3n) is 4.30. The van der Waals surface area contributed by atoms with Gasteiger partial charge in [0.2, 0.25) is 0 Å². The van der Waals surface area contributed by atoms with Crippen molar-refractivity contribution in [1.82, 2.24) is 9.80 Å². The Balaban J connectivity index is 1.65. The minimum atomic E-state index is 0.506. The maximum Gasteiger partial charge on any atom is 0.121 e. The van der Waals surface area contributed by atoms with Crippen LogP contribution in [0.15, 0.2) is 16.7 Å². The Labute approximate surface area is 109 Å². The SMILES string of the molecule is NCc1occc1CN1CCCN2CCCC2C1. The van der Waals surface area contributed by atoms with E-state index in [2.05, 4.69) is 15.9 Å². The lowest BCUT2D eigenvalue weighted by atomic mass is 10.2. The number of hydrogen-bond donors (Lipinski definition) is 1. The summed E-state index contributed by atoms with van der Waals surface area (Å²) in [5.74, 6) is 0.947. The van der Waals surface area contributed by atoms with Gasteiger partial charge in [0.25, 0.3) is 0 Å². The standard InChI is InChI=1S/C14H23N3O/c15-9-14-12(4-8-18-14)10-16-5-2-7-17-6-1-3-13(17)11-16/h4,8,13H,1-3,5-7,9-11,15H2. The van der Waals surface area contributed by atoms with E-state index in [9.17, 15) is 0 Å². The van der Waals surface area contributed by atoms with Crippen LogP contribution >= 0.6 is 0 Å². The highest BCUT2D eigenvalue weighted by Gasteiger charge is 2.28. The highest BCUT2D eigenvalue weighted by atomic mass is 16.3. The molecule has 4 nitrogen and oxygen atoms in total. The average molecular weight is 249 g/mol. The molecule has 1 aromatic heterocycles. The van der Waals surface area contributed by atoms with Crippen molar-refractivity contribution in [2.75, 3.05) is 26.2 Å². The van der Waals surface area contributed by atoms with Gasteiger partial charge in [0.15, 0.2) is 0 Å². The van der Waals surface area contributed by atoms with Gasteiger partial charge in [-0.15, -0.1) is 0 Å². The Morgan fingerprint density at radius 2 is 2.17 bits per heavy atom. The summed E-state index contributed by atoms with van der Waals surface area (Å²) < 4.78 is 5.41. The Bertz CT molecular complexity index is 390. The molecule has 2 saturated heterocycles. The van der Waals surface area contributed by atoms with Crippen LogP contribution in [-0.2, 0) is 13.1 Å². The van der Waals surface area contributed by atoms with Gasteiger partial charge in [-0.3, -0.25) is 9.80 Å². The van der Waals surface area contributed by atoms with Crippen LogP contribution in [-0.4, -0.2) is 42.0 Å². The van der Waals surface area contributed by atoms with Gasteiger partial charge in [-0.2, -0.15) is 0 Å². The zero-order valence-electron chi connectivity index (χ0n) is 11.0. The molecule has 0 aliphatic carbocycles. The third kappa shape index (κ3) is 2.46. The quantitative estimate of drug-likeness (QED) is 0.880. The van der Waals surface area contributed by atoms with E-state index in [0.29, 0.717) is 6.54 Å². The van der Waals surface area contributed by atoms with Crippen LogP contribution in [0.25, 0.3) is 0 Å². The second kappa shape index (κ2) is 5.43. The summed E-state index contributed by atoms with van der Waals surface area (Å²) in [6.45, 7) is 6.48. The normalized spacial score (nSPS) is 26.2. The Hall–Kier alpha value is -0.840. The predicted molar refractivity (Wildman–Crippen MR) is 71.1 cm³/mol. The van der Waals surface area contributed by atoms with Crippen LogP contribution in [0.5, 0.6) is 0 Å². The first-order valence-electron chi connectivity index (χ1n) is 7.08. The van der Waals surface area contributed by atoms with Gasteiger partial charge < -0.3 is 10.2 Å². The fraction of sp³-hybridized carbons (Fsp3) is 0.714. The molecule has 3 rings (SSSR count). The summed E-state index contributed by atoms with van der Waals surface area (Å²) in [6, 6.07) is 2.85. The van der Waals surface area contributed by atoms with Gasteiger partial charge in [-0.1, -0.05) is 0 Å². The van der Waals surface area contributed by atoms with E-state index in [1.807, 2.05) is 0 Å². The molecule has 0 radical (unpaired) electrons. The predicted octanol–water partition coefficient (Wildman–Crippen LogP) is 1.41. The molecular weight excluding hydrogens is 226 g/mol. The van der Waals surface area contributed by atoms with E-state index in [1.165, 1.54) is 51.0 Å². The summed E-state index contributed by atoms with van der Waals surface area (Å²) in [5.41, 5.74) is 6.96. The summed E-state index contributed by atoms with van der Waals surface area (Å²) in [6.07, 6.45) is 5.79. The average Bonchev–Trinajstić information content (AvgIpc) is 2.95. The fourth-order valence-electron chi connectivity index (χ4n) is 3.35. The Morgan fingerprint density at radius 1 is 1.28 bits per heavy atom. The van der Waals surface area contributed by atoms with E-state index in [-0.39, 0.29) is 0 Å². The van der Waals surface area contributed by atoms with Crippen LogP contribution in [0, 0.1) is 0 Å². The molecule has 18 heavy (non-hydrogen) atoms. The molecule has 1 aromatic rings. The molecule has 3 heterocycles. The maximum absolute atomic E-state index is 5.70. The molecule has 0 bridgehead atoms. The van der Waals surface area contributed by atoms with Crippen molar-refractivity contribution in [2.24, 2.45) is 5.73 Å². The summed E-state index contributed by atoms with van der Waals surface area (Å²) in [7, 11) is 0. The lowest BCUT2D eigenvalue weighted by Gasteiger charge is -2.25. The van der Waals surface area contributed by atoms with Gasteiger partial charge in [-0.05, 0) is 45.0 Å². The number of furan rings is 1. The first-order chi connectivity index (χ1) is 8.86. The second-order valence-electron chi connectivity index (χ2n) is 5.49. The van der Waals surface area contributed by atoms with E-state index >= 15 is 0 Å². The largest absolute Gasteiger partial charge is 0.468 e. The van der Waals surface area contributed by atoms with E-state index in [0.717, 1.165) is 18.3 Å². The molecule has 2 aliphatic rings. The molecule has 2 N–H and O–H groups in total. The van der Waals surface area contributed by atoms with Crippen molar-refractivity contribution in [3.8, 4) is 0 Å². The maximum atomic E-state index is 5.70. The number of hydrogen-bond acceptors (Lipinski definition) is 4.